The summed E-state index contributed by atoms with van der Waals surface area (Å²) < 4.78 is 52.7. The van der Waals surface area contributed by atoms with Crippen molar-refractivity contribution in [2.45, 2.75) is 129 Å². The zero-order valence-electron chi connectivity index (χ0n) is 27.0. The number of hydrogen-bond donors (Lipinski definition) is 0. The van der Waals surface area contributed by atoms with Crippen LogP contribution < -0.4 is 0 Å². The van der Waals surface area contributed by atoms with E-state index in [1.165, 1.54) is 95.3 Å². The third-order valence-corrected chi connectivity index (χ3v) is 11.8. The van der Waals surface area contributed by atoms with Gasteiger partial charge in [0.05, 0.1) is 0 Å². The van der Waals surface area contributed by atoms with Crippen molar-refractivity contribution in [3.8, 4) is 0 Å². The molecule has 4 saturated carbocycles. The second-order valence-corrected chi connectivity index (χ2v) is 14.6. The van der Waals surface area contributed by atoms with Gasteiger partial charge >= 0.3 is 0 Å². The van der Waals surface area contributed by atoms with Crippen LogP contribution in [0.2, 0.25) is 0 Å². The van der Waals surface area contributed by atoms with Crippen molar-refractivity contribution < 1.29 is 17.6 Å². The van der Waals surface area contributed by atoms with E-state index in [2.05, 4.69) is 20.4 Å². The number of hydrogen-bond acceptors (Lipinski definition) is 0. The molecular formula is C39H56F4. The normalized spacial score (nSPS) is 34.2. The molecular weight excluding hydrogens is 544 g/mol. The lowest BCUT2D eigenvalue weighted by molar-refractivity contribution is 0.159. The molecule has 4 fully saturated rings. The summed E-state index contributed by atoms with van der Waals surface area (Å²) in [5.74, 6) is 2.97. The molecule has 0 radical (unpaired) electrons. The lowest BCUT2D eigenvalue weighted by atomic mass is 9.68. The summed E-state index contributed by atoms with van der Waals surface area (Å²) in [5, 5.41) is 0. The zero-order valence-corrected chi connectivity index (χ0v) is 27.0. The van der Waals surface area contributed by atoms with Crippen LogP contribution >= 0.6 is 0 Å². The van der Waals surface area contributed by atoms with Crippen LogP contribution in [0.5, 0.6) is 0 Å². The molecule has 4 heteroatoms. The molecule has 1 aromatic carbocycles. The molecule has 240 valence electrons. The van der Waals surface area contributed by atoms with Gasteiger partial charge in [0.1, 0.15) is 0 Å². The van der Waals surface area contributed by atoms with Gasteiger partial charge < -0.3 is 0 Å². The molecule has 0 bridgehead atoms. The maximum Gasteiger partial charge on any atom is 0.159 e. The van der Waals surface area contributed by atoms with E-state index >= 15 is 0 Å². The van der Waals surface area contributed by atoms with E-state index in [1.807, 2.05) is 13.0 Å². The Balaban J connectivity index is 0.000000197. The van der Waals surface area contributed by atoms with Crippen molar-refractivity contribution in [1.82, 2.24) is 0 Å². The third-order valence-electron chi connectivity index (χ3n) is 11.8. The van der Waals surface area contributed by atoms with E-state index in [1.54, 1.807) is 6.07 Å². The first-order chi connectivity index (χ1) is 20.6. The molecule has 0 amide bonds. The Hall–Kier alpha value is -1.84. The Morgan fingerprint density at radius 2 is 1.09 bits per heavy atom. The Morgan fingerprint density at radius 1 is 0.651 bits per heavy atom. The van der Waals surface area contributed by atoms with Gasteiger partial charge in [0.25, 0.3) is 0 Å². The highest BCUT2D eigenvalue weighted by atomic mass is 19.2. The van der Waals surface area contributed by atoms with Gasteiger partial charge in [-0.1, -0.05) is 58.3 Å². The van der Waals surface area contributed by atoms with Crippen LogP contribution in [0.25, 0.3) is 0 Å². The van der Waals surface area contributed by atoms with Crippen LogP contribution in [0.15, 0.2) is 54.2 Å². The van der Waals surface area contributed by atoms with E-state index in [-0.39, 0.29) is 0 Å². The second kappa shape index (κ2) is 16.5. The number of rotatable bonds is 6. The molecule has 5 rings (SSSR count). The van der Waals surface area contributed by atoms with Gasteiger partial charge in [-0.15, -0.1) is 0 Å². The van der Waals surface area contributed by atoms with Gasteiger partial charge in [-0.25, -0.2) is 17.6 Å². The second-order valence-electron chi connectivity index (χ2n) is 14.6. The van der Waals surface area contributed by atoms with Crippen LogP contribution in [0.4, 0.5) is 17.6 Å². The number of halogens is 4. The lowest BCUT2D eigenvalue weighted by Crippen LogP contribution is -2.25. The van der Waals surface area contributed by atoms with Crippen LogP contribution in [-0.4, -0.2) is 0 Å². The van der Waals surface area contributed by atoms with E-state index in [0.29, 0.717) is 11.8 Å². The molecule has 4 aliphatic rings. The number of allylic oxidation sites excluding steroid dienone is 5. The lowest BCUT2D eigenvalue weighted by Gasteiger charge is -2.37. The fraction of sp³-hybridized carbons (Fsp3) is 0.692. The SMILES string of the molecule is C=C(F)/C(F)=C\C(=C/C)C1CCC(C2CCC(C)CC2)CC1.CC1CCC(C2CCC(c3ccc(F)c(F)c3)CC2)CC1. The van der Waals surface area contributed by atoms with Crippen molar-refractivity contribution in [3.63, 3.8) is 0 Å². The van der Waals surface area contributed by atoms with Crippen molar-refractivity contribution in [2.75, 3.05) is 0 Å². The molecule has 0 saturated heterocycles. The first-order valence-corrected chi connectivity index (χ1v) is 17.5. The average Bonchev–Trinajstić information content (AvgIpc) is 3.02. The van der Waals surface area contributed by atoms with Gasteiger partial charge in [0.15, 0.2) is 23.3 Å². The minimum atomic E-state index is -0.968. The Labute approximate surface area is 259 Å². The number of benzene rings is 1. The molecule has 0 aliphatic heterocycles. The van der Waals surface area contributed by atoms with Crippen LogP contribution in [-0.2, 0) is 0 Å². The molecule has 0 unspecified atom stereocenters. The summed E-state index contributed by atoms with van der Waals surface area (Å²) in [6, 6.07) is 4.45. The van der Waals surface area contributed by atoms with E-state index in [4.69, 9.17) is 0 Å². The highest BCUT2D eigenvalue weighted by Gasteiger charge is 2.32. The smallest absolute Gasteiger partial charge is 0.159 e. The van der Waals surface area contributed by atoms with Gasteiger partial charge in [-0.05, 0) is 161 Å². The van der Waals surface area contributed by atoms with Crippen LogP contribution in [0.1, 0.15) is 135 Å². The monoisotopic (exact) mass is 600 g/mol. The predicted molar refractivity (Wildman–Crippen MR) is 172 cm³/mol. The topological polar surface area (TPSA) is 0 Å². The average molecular weight is 601 g/mol. The van der Waals surface area contributed by atoms with Gasteiger partial charge in [-0.3, -0.25) is 0 Å². The van der Waals surface area contributed by atoms with E-state index in [0.717, 1.165) is 72.3 Å². The molecule has 0 N–H and O–H groups in total. The van der Waals surface area contributed by atoms with Crippen molar-refractivity contribution in [3.05, 3.63) is 71.4 Å². The standard InChI is InChI=1S/C20H30F2.C19H26F2/c1-4-16(13-20(22)15(3)21)17-9-11-19(12-10-17)18-7-5-14(2)6-8-18;1-13-2-4-14(5-3-13)15-6-8-16(9-7-15)17-10-11-18(20)19(21)12-17/h4,13-14,17-19H,3,5-12H2,1-2H3;10-16H,2-9H2,1H3/b16-4+,20-13+;. The van der Waals surface area contributed by atoms with Crippen LogP contribution in [0.3, 0.4) is 0 Å². The Kier molecular flexibility index (Phi) is 13.0. The minimum Gasteiger partial charge on any atom is -0.204 e. The van der Waals surface area contributed by atoms with E-state index < -0.39 is 23.3 Å². The minimum absolute atomic E-state index is 0.383. The van der Waals surface area contributed by atoms with Gasteiger partial charge in [-0.2, -0.15) is 0 Å². The summed E-state index contributed by atoms with van der Waals surface area (Å²) >= 11 is 0. The summed E-state index contributed by atoms with van der Waals surface area (Å²) in [5.41, 5.74) is 1.93. The fourth-order valence-corrected chi connectivity index (χ4v) is 8.79. The summed E-state index contributed by atoms with van der Waals surface area (Å²) in [6.07, 6.45) is 23.9. The highest BCUT2D eigenvalue weighted by Crippen LogP contribution is 2.45. The molecule has 0 heterocycles. The zero-order chi connectivity index (χ0) is 30.9. The summed E-state index contributed by atoms with van der Waals surface area (Å²) in [4.78, 5) is 0. The first-order valence-electron chi connectivity index (χ1n) is 17.5. The highest BCUT2D eigenvalue weighted by molar-refractivity contribution is 5.30. The summed E-state index contributed by atoms with van der Waals surface area (Å²) in [7, 11) is 0. The maximum atomic E-state index is 13.5. The fourth-order valence-electron chi connectivity index (χ4n) is 8.79. The van der Waals surface area contributed by atoms with Gasteiger partial charge in [0, 0.05) is 0 Å². The molecule has 0 nitrogen and oxygen atoms in total. The molecule has 0 aromatic heterocycles. The Morgan fingerprint density at radius 3 is 1.51 bits per heavy atom. The predicted octanol–water partition coefficient (Wildman–Crippen LogP) is 13.0. The van der Waals surface area contributed by atoms with Crippen LogP contribution in [0, 0.1) is 53.1 Å². The third kappa shape index (κ3) is 9.82. The van der Waals surface area contributed by atoms with Gasteiger partial charge in [0.2, 0.25) is 0 Å². The van der Waals surface area contributed by atoms with Crippen molar-refractivity contribution >= 4 is 0 Å². The summed E-state index contributed by atoms with van der Waals surface area (Å²) in [6.45, 7) is 9.68. The first kappa shape index (κ1) is 34.0. The molecule has 0 spiro atoms. The molecule has 43 heavy (non-hydrogen) atoms. The van der Waals surface area contributed by atoms with Crippen molar-refractivity contribution in [2.24, 2.45) is 41.4 Å². The Bertz CT molecular complexity index is 1070. The maximum absolute atomic E-state index is 13.5. The largest absolute Gasteiger partial charge is 0.204 e. The van der Waals surface area contributed by atoms with Crippen molar-refractivity contribution in [1.29, 1.82) is 0 Å². The molecule has 0 atom stereocenters. The molecule has 1 aromatic rings. The molecule has 4 aliphatic carbocycles. The van der Waals surface area contributed by atoms with E-state index in [9.17, 15) is 17.6 Å². The quantitative estimate of drug-likeness (QED) is 0.225.